The Labute approximate surface area is 107 Å². The first-order chi connectivity index (χ1) is 8.26. The van der Waals surface area contributed by atoms with E-state index in [-0.39, 0.29) is 11.9 Å². The quantitative estimate of drug-likeness (QED) is 0.761. The summed E-state index contributed by atoms with van der Waals surface area (Å²) < 4.78 is 5.43. The summed E-state index contributed by atoms with van der Waals surface area (Å²) in [5, 5.41) is 2.85. The number of carbonyl (C=O) groups excluding carboxylic acids is 1. The molecule has 1 aromatic rings. The van der Waals surface area contributed by atoms with E-state index in [4.69, 9.17) is 16.3 Å². The van der Waals surface area contributed by atoms with Crippen molar-refractivity contribution in [3.05, 3.63) is 30.3 Å². The van der Waals surface area contributed by atoms with Crippen LogP contribution in [0.5, 0.6) is 5.75 Å². The molecule has 0 fully saturated rings. The largest absolute Gasteiger partial charge is 0.493 e. The number of ether oxygens (including phenoxy) is 1. The van der Waals surface area contributed by atoms with E-state index in [1.807, 2.05) is 37.3 Å². The molecule has 0 heterocycles. The van der Waals surface area contributed by atoms with Crippen molar-refractivity contribution in [1.29, 1.82) is 0 Å². The van der Waals surface area contributed by atoms with E-state index in [9.17, 15) is 4.79 Å². The maximum absolute atomic E-state index is 11.5. The van der Waals surface area contributed by atoms with Crippen LogP contribution in [0.15, 0.2) is 30.3 Å². The fourth-order valence-electron chi connectivity index (χ4n) is 1.33. The van der Waals surface area contributed by atoms with Gasteiger partial charge in [0.15, 0.2) is 0 Å². The van der Waals surface area contributed by atoms with E-state index in [0.29, 0.717) is 18.9 Å². The average Bonchev–Trinajstić information content (AvgIpc) is 2.37. The van der Waals surface area contributed by atoms with Crippen LogP contribution in [0.4, 0.5) is 0 Å². The lowest BCUT2D eigenvalue weighted by atomic mass is 10.2. The Morgan fingerprint density at radius 1 is 1.41 bits per heavy atom. The van der Waals surface area contributed by atoms with Crippen LogP contribution in [0, 0.1) is 0 Å². The number of hydrogen-bond donors (Lipinski definition) is 1. The first kappa shape index (κ1) is 13.8. The van der Waals surface area contributed by atoms with E-state index < -0.39 is 0 Å². The van der Waals surface area contributed by atoms with Crippen molar-refractivity contribution in [2.75, 3.05) is 12.5 Å². The number of halogens is 1. The van der Waals surface area contributed by atoms with Gasteiger partial charge >= 0.3 is 0 Å². The molecule has 0 aliphatic heterocycles. The molecule has 4 heteroatoms. The number of carbonyl (C=O) groups is 1. The lowest BCUT2D eigenvalue weighted by molar-refractivity contribution is -0.122. The van der Waals surface area contributed by atoms with E-state index in [1.54, 1.807) is 0 Å². The van der Waals surface area contributed by atoms with E-state index in [1.165, 1.54) is 0 Å². The number of para-hydroxylation sites is 1. The van der Waals surface area contributed by atoms with Crippen molar-refractivity contribution >= 4 is 17.5 Å². The first-order valence-corrected chi connectivity index (χ1v) is 6.33. The van der Waals surface area contributed by atoms with Crippen LogP contribution >= 0.6 is 11.6 Å². The number of rotatable bonds is 7. The van der Waals surface area contributed by atoms with Gasteiger partial charge in [0.1, 0.15) is 5.75 Å². The highest BCUT2D eigenvalue weighted by Crippen LogP contribution is 2.08. The molecule has 0 aliphatic rings. The highest BCUT2D eigenvalue weighted by Gasteiger charge is 2.08. The number of amides is 1. The normalized spacial score (nSPS) is 11.9. The molecule has 0 radical (unpaired) electrons. The zero-order chi connectivity index (χ0) is 12.5. The molecule has 1 unspecified atom stereocenters. The van der Waals surface area contributed by atoms with Crippen LogP contribution in [0.25, 0.3) is 0 Å². The third-order valence-corrected chi connectivity index (χ3v) is 2.76. The Morgan fingerprint density at radius 3 is 2.71 bits per heavy atom. The van der Waals surface area contributed by atoms with Gasteiger partial charge in [0.2, 0.25) is 5.91 Å². The second-order valence-corrected chi connectivity index (χ2v) is 4.05. The van der Waals surface area contributed by atoms with E-state index >= 15 is 0 Å². The zero-order valence-electron chi connectivity index (χ0n) is 9.99. The average molecular weight is 256 g/mol. The van der Waals surface area contributed by atoms with Crippen molar-refractivity contribution in [1.82, 2.24) is 5.32 Å². The van der Waals surface area contributed by atoms with Crippen molar-refractivity contribution in [2.24, 2.45) is 0 Å². The van der Waals surface area contributed by atoms with Crippen LogP contribution in [0.3, 0.4) is 0 Å². The van der Waals surface area contributed by atoms with Crippen molar-refractivity contribution in [3.8, 4) is 5.75 Å². The number of hydrogen-bond acceptors (Lipinski definition) is 2. The highest BCUT2D eigenvalue weighted by molar-refractivity contribution is 6.18. The molecule has 0 saturated heterocycles. The zero-order valence-corrected chi connectivity index (χ0v) is 10.7. The monoisotopic (exact) mass is 255 g/mol. The molecule has 17 heavy (non-hydrogen) atoms. The smallest absolute Gasteiger partial charge is 0.223 e. The van der Waals surface area contributed by atoms with Crippen LogP contribution in [-0.2, 0) is 4.79 Å². The fraction of sp³-hybridized carbons (Fsp3) is 0.462. The Balaban J connectivity index is 2.20. The van der Waals surface area contributed by atoms with Crippen LogP contribution < -0.4 is 10.1 Å². The number of alkyl halides is 1. The van der Waals surface area contributed by atoms with E-state index in [2.05, 4.69) is 5.32 Å². The molecule has 1 rings (SSSR count). The Bertz CT molecular complexity index is 325. The Morgan fingerprint density at radius 2 is 2.12 bits per heavy atom. The van der Waals surface area contributed by atoms with E-state index in [0.717, 1.165) is 12.2 Å². The predicted molar refractivity (Wildman–Crippen MR) is 69.5 cm³/mol. The van der Waals surface area contributed by atoms with Crippen molar-refractivity contribution < 1.29 is 9.53 Å². The Kier molecular flexibility index (Phi) is 6.48. The summed E-state index contributed by atoms with van der Waals surface area (Å²) >= 11 is 5.70. The third-order valence-electron chi connectivity index (χ3n) is 2.39. The molecule has 0 aromatic heterocycles. The summed E-state index contributed by atoms with van der Waals surface area (Å²) in [6.07, 6.45) is 1.19. The van der Waals surface area contributed by atoms with Crippen molar-refractivity contribution in [2.45, 2.75) is 25.8 Å². The summed E-state index contributed by atoms with van der Waals surface area (Å²) in [6.45, 7) is 2.38. The molecule has 1 atom stereocenters. The third kappa shape index (κ3) is 5.59. The van der Waals surface area contributed by atoms with Crippen LogP contribution in [0.1, 0.15) is 19.8 Å². The molecule has 94 valence electrons. The maximum atomic E-state index is 11.5. The molecule has 0 aliphatic carbocycles. The van der Waals surface area contributed by atoms with Crippen LogP contribution in [-0.4, -0.2) is 24.4 Å². The minimum absolute atomic E-state index is 0.0200. The lowest BCUT2D eigenvalue weighted by Gasteiger charge is -2.13. The molecule has 3 nitrogen and oxygen atoms in total. The molecule has 1 aromatic carbocycles. The molecule has 1 N–H and O–H groups in total. The molecule has 0 saturated carbocycles. The van der Waals surface area contributed by atoms with Crippen molar-refractivity contribution in [3.63, 3.8) is 0 Å². The number of nitrogens with one attached hydrogen (secondary N) is 1. The summed E-state index contributed by atoms with van der Waals surface area (Å²) in [5.74, 6) is 1.21. The van der Waals surface area contributed by atoms with Gasteiger partial charge in [0.25, 0.3) is 0 Å². The Hall–Kier alpha value is -1.22. The molecular weight excluding hydrogens is 238 g/mol. The van der Waals surface area contributed by atoms with Crippen LogP contribution in [0.2, 0.25) is 0 Å². The summed E-state index contributed by atoms with van der Waals surface area (Å²) in [6, 6.07) is 9.51. The van der Waals surface area contributed by atoms with Gasteiger partial charge in [-0.25, -0.2) is 0 Å². The predicted octanol–water partition coefficient (Wildman–Crippen LogP) is 2.59. The number of benzene rings is 1. The maximum Gasteiger partial charge on any atom is 0.223 e. The minimum Gasteiger partial charge on any atom is -0.493 e. The summed E-state index contributed by atoms with van der Waals surface area (Å²) in [5.41, 5.74) is 0. The summed E-state index contributed by atoms with van der Waals surface area (Å²) in [7, 11) is 0. The van der Waals surface area contributed by atoms with Gasteiger partial charge in [0, 0.05) is 11.9 Å². The molecular formula is C13H18ClNO2. The fourth-order valence-corrected chi connectivity index (χ4v) is 1.62. The topological polar surface area (TPSA) is 38.3 Å². The molecule has 0 spiro atoms. The molecule has 0 bridgehead atoms. The van der Waals surface area contributed by atoms with Gasteiger partial charge in [-0.15, -0.1) is 11.6 Å². The lowest BCUT2D eigenvalue weighted by Crippen LogP contribution is -2.36. The van der Waals surface area contributed by atoms with Gasteiger partial charge < -0.3 is 10.1 Å². The standard InChI is InChI=1S/C13H18ClNO2/c1-2-11(10-14)15-13(16)8-9-17-12-6-4-3-5-7-12/h3-7,11H,2,8-10H2,1H3,(H,15,16). The van der Waals surface area contributed by atoms with Gasteiger partial charge in [-0.1, -0.05) is 25.1 Å². The minimum atomic E-state index is -0.0200. The molecule has 1 amide bonds. The summed E-state index contributed by atoms with van der Waals surface area (Å²) in [4.78, 5) is 11.5. The second kappa shape index (κ2) is 7.96. The SMILES string of the molecule is CCC(CCl)NC(=O)CCOc1ccccc1. The first-order valence-electron chi connectivity index (χ1n) is 5.79. The van der Waals surface area contributed by atoms with Gasteiger partial charge in [0.05, 0.1) is 13.0 Å². The van der Waals surface area contributed by atoms with Gasteiger partial charge in [-0.3, -0.25) is 4.79 Å². The van der Waals surface area contributed by atoms with Gasteiger partial charge in [-0.05, 0) is 18.6 Å². The second-order valence-electron chi connectivity index (χ2n) is 3.74. The van der Waals surface area contributed by atoms with Gasteiger partial charge in [-0.2, -0.15) is 0 Å². The highest BCUT2D eigenvalue weighted by atomic mass is 35.5.